The van der Waals surface area contributed by atoms with E-state index >= 15 is 0 Å². The summed E-state index contributed by atoms with van der Waals surface area (Å²) in [5.74, 6) is -0.00138. The number of nitrogens with zero attached hydrogens (tertiary/aromatic N) is 3. The van der Waals surface area contributed by atoms with Gasteiger partial charge in [0.15, 0.2) is 0 Å². The highest BCUT2D eigenvalue weighted by Crippen LogP contribution is 2.25. The predicted molar refractivity (Wildman–Crippen MR) is 94.9 cm³/mol. The summed E-state index contributed by atoms with van der Waals surface area (Å²) in [5.41, 5.74) is 2.29. The molecule has 1 fully saturated rings. The first-order valence-electron chi connectivity index (χ1n) is 8.23. The van der Waals surface area contributed by atoms with Gasteiger partial charge >= 0.3 is 0 Å². The molecule has 2 unspecified atom stereocenters. The third kappa shape index (κ3) is 3.11. The van der Waals surface area contributed by atoms with Crippen molar-refractivity contribution in [3.05, 3.63) is 65.7 Å². The third-order valence-corrected chi connectivity index (χ3v) is 4.50. The largest absolute Gasteiger partial charge is 0.363 e. The van der Waals surface area contributed by atoms with E-state index in [2.05, 4.69) is 36.9 Å². The van der Waals surface area contributed by atoms with Gasteiger partial charge < -0.3 is 9.80 Å². The van der Waals surface area contributed by atoms with Crippen molar-refractivity contribution in [1.29, 1.82) is 5.26 Å². The van der Waals surface area contributed by atoms with Crippen molar-refractivity contribution in [1.82, 2.24) is 4.90 Å². The van der Waals surface area contributed by atoms with Crippen LogP contribution < -0.4 is 4.90 Å². The molecule has 0 aromatic heterocycles. The lowest BCUT2D eigenvalue weighted by molar-refractivity contribution is 0.0701. The zero-order chi connectivity index (χ0) is 17.1. The number of hydrogen-bond donors (Lipinski definition) is 0. The fraction of sp³-hybridized carbons (Fsp3) is 0.300. The molecule has 0 spiro atoms. The second kappa shape index (κ2) is 6.76. The second-order valence-electron chi connectivity index (χ2n) is 6.34. The Morgan fingerprint density at radius 2 is 1.71 bits per heavy atom. The molecule has 0 radical (unpaired) electrons. The molecule has 0 saturated carbocycles. The van der Waals surface area contributed by atoms with Gasteiger partial charge in [-0.1, -0.05) is 24.3 Å². The SMILES string of the molecule is CC1CN(C(=O)c2cccc(C#N)c2)CC(C)N1c1ccccc1. The summed E-state index contributed by atoms with van der Waals surface area (Å²) < 4.78 is 0. The molecule has 1 aliphatic heterocycles. The lowest BCUT2D eigenvalue weighted by Gasteiger charge is -2.46. The predicted octanol–water partition coefficient (Wildman–Crippen LogP) is 3.30. The van der Waals surface area contributed by atoms with Crippen LogP contribution in [0.5, 0.6) is 0 Å². The molecule has 2 atom stereocenters. The Labute approximate surface area is 142 Å². The monoisotopic (exact) mass is 319 g/mol. The highest BCUT2D eigenvalue weighted by atomic mass is 16.2. The molecule has 2 aromatic rings. The summed E-state index contributed by atoms with van der Waals surface area (Å²) in [6.45, 7) is 5.65. The Hall–Kier alpha value is -2.80. The lowest BCUT2D eigenvalue weighted by atomic mass is 10.0. The van der Waals surface area contributed by atoms with Gasteiger partial charge in [-0.15, -0.1) is 0 Å². The minimum Gasteiger partial charge on any atom is -0.363 e. The van der Waals surface area contributed by atoms with E-state index in [1.54, 1.807) is 24.3 Å². The van der Waals surface area contributed by atoms with Crippen molar-refractivity contribution < 1.29 is 4.79 Å². The number of benzene rings is 2. The lowest BCUT2D eigenvalue weighted by Crippen LogP contribution is -2.58. The van der Waals surface area contributed by atoms with E-state index in [1.807, 2.05) is 23.1 Å². The van der Waals surface area contributed by atoms with Crippen LogP contribution in [0.25, 0.3) is 0 Å². The minimum absolute atomic E-state index is 0.00138. The first-order chi connectivity index (χ1) is 11.6. The van der Waals surface area contributed by atoms with Crippen molar-refractivity contribution in [2.45, 2.75) is 25.9 Å². The van der Waals surface area contributed by atoms with Crippen LogP contribution in [-0.4, -0.2) is 36.0 Å². The van der Waals surface area contributed by atoms with Gasteiger partial charge in [0.2, 0.25) is 0 Å². The van der Waals surface area contributed by atoms with Crippen molar-refractivity contribution in [3.63, 3.8) is 0 Å². The van der Waals surface area contributed by atoms with Crippen molar-refractivity contribution in [2.24, 2.45) is 0 Å². The van der Waals surface area contributed by atoms with Crippen LogP contribution in [0.1, 0.15) is 29.8 Å². The van der Waals surface area contributed by atoms with Crippen LogP contribution in [0.4, 0.5) is 5.69 Å². The fourth-order valence-corrected chi connectivity index (χ4v) is 3.50. The molecule has 0 N–H and O–H groups in total. The summed E-state index contributed by atoms with van der Waals surface area (Å²) in [6, 6.07) is 19.8. The number of para-hydroxylation sites is 1. The van der Waals surface area contributed by atoms with Gasteiger partial charge in [0, 0.05) is 36.4 Å². The van der Waals surface area contributed by atoms with Gasteiger partial charge in [-0.05, 0) is 44.2 Å². The molecule has 1 aliphatic rings. The molecule has 24 heavy (non-hydrogen) atoms. The fourth-order valence-electron chi connectivity index (χ4n) is 3.50. The van der Waals surface area contributed by atoms with Crippen molar-refractivity contribution in [3.8, 4) is 6.07 Å². The summed E-state index contributed by atoms with van der Waals surface area (Å²) in [6.07, 6.45) is 0. The van der Waals surface area contributed by atoms with Crippen LogP contribution in [0.15, 0.2) is 54.6 Å². The number of carbonyl (C=O) groups is 1. The molecule has 0 aliphatic carbocycles. The Morgan fingerprint density at radius 1 is 1.04 bits per heavy atom. The quantitative estimate of drug-likeness (QED) is 0.853. The first-order valence-corrected chi connectivity index (χ1v) is 8.23. The van der Waals surface area contributed by atoms with Crippen LogP contribution in [0.3, 0.4) is 0 Å². The maximum absolute atomic E-state index is 12.8. The molecule has 1 amide bonds. The van der Waals surface area contributed by atoms with E-state index in [0.29, 0.717) is 24.2 Å². The molecule has 1 heterocycles. The second-order valence-corrected chi connectivity index (χ2v) is 6.34. The standard InChI is InChI=1S/C20H21N3O/c1-15-13-22(20(24)18-8-6-7-17(11-18)12-21)14-16(2)23(15)19-9-4-3-5-10-19/h3-11,15-16H,13-14H2,1-2H3. The summed E-state index contributed by atoms with van der Waals surface area (Å²) in [5, 5.41) is 9.02. The van der Waals surface area contributed by atoms with Crippen LogP contribution in [0.2, 0.25) is 0 Å². The van der Waals surface area contributed by atoms with Crippen LogP contribution in [-0.2, 0) is 0 Å². The van der Waals surface area contributed by atoms with E-state index in [0.717, 1.165) is 0 Å². The van der Waals surface area contributed by atoms with Crippen molar-refractivity contribution >= 4 is 11.6 Å². The zero-order valence-electron chi connectivity index (χ0n) is 14.0. The Kier molecular flexibility index (Phi) is 4.52. The maximum Gasteiger partial charge on any atom is 0.254 e. The van der Waals surface area contributed by atoms with Crippen LogP contribution in [0, 0.1) is 11.3 Å². The van der Waals surface area contributed by atoms with Crippen LogP contribution >= 0.6 is 0 Å². The first kappa shape index (κ1) is 16.1. The van der Waals surface area contributed by atoms with E-state index < -0.39 is 0 Å². The smallest absolute Gasteiger partial charge is 0.254 e. The number of hydrogen-bond acceptors (Lipinski definition) is 3. The van der Waals surface area contributed by atoms with Gasteiger partial charge in [0.1, 0.15) is 0 Å². The molecule has 4 nitrogen and oxygen atoms in total. The normalized spacial score (nSPS) is 20.5. The van der Waals surface area contributed by atoms with E-state index in [-0.39, 0.29) is 18.0 Å². The highest BCUT2D eigenvalue weighted by molar-refractivity contribution is 5.94. The number of rotatable bonds is 2. The Bertz CT molecular complexity index is 754. The number of amides is 1. The van der Waals surface area contributed by atoms with E-state index in [9.17, 15) is 4.79 Å². The summed E-state index contributed by atoms with van der Waals surface area (Å²) in [4.78, 5) is 17.1. The van der Waals surface area contributed by atoms with Gasteiger partial charge in [0.05, 0.1) is 11.6 Å². The maximum atomic E-state index is 12.8. The molecular weight excluding hydrogens is 298 g/mol. The molecule has 1 saturated heterocycles. The molecule has 3 rings (SSSR count). The van der Waals surface area contributed by atoms with Gasteiger partial charge in [0.25, 0.3) is 5.91 Å². The molecule has 2 aromatic carbocycles. The van der Waals surface area contributed by atoms with Crippen molar-refractivity contribution in [2.75, 3.05) is 18.0 Å². The molecule has 122 valence electrons. The average molecular weight is 319 g/mol. The molecule has 0 bridgehead atoms. The number of anilines is 1. The van der Waals surface area contributed by atoms with E-state index in [1.165, 1.54) is 5.69 Å². The Balaban J connectivity index is 1.78. The number of piperazine rings is 1. The molecular formula is C20H21N3O. The average Bonchev–Trinajstić information content (AvgIpc) is 2.61. The zero-order valence-corrected chi connectivity index (χ0v) is 14.0. The number of carbonyl (C=O) groups excluding carboxylic acids is 1. The van der Waals surface area contributed by atoms with Gasteiger partial charge in [-0.25, -0.2) is 0 Å². The van der Waals surface area contributed by atoms with Gasteiger partial charge in [-0.2, -0.15) is 5.26 Å². The Morgan fingerprint density at radius 3 is 2.33 bits per heavy atom. The summed E-state index contributed by atoms with van der Waals surface area (Å²) in [7, 11) is 0. The molecule has 4 heteroatoms. The summed E-state index contributed by atoms with van der Waals surface area (Å²) >= 11 is 0. The minimum atomic E-state index is -0.00138. The third-order valence-electron chi connectivity index (χ3n) is 4.50. The van der Waals surface area contributed by atoms with E-state index in [4.69, 9.17) is 5.26 Å². The van der Waals surface area contributed by atoms with Gasteiger partial charge in [-0.3, -0.25) is 4.79 Å². The number of nitriles is 1. The highest BCUT2D eigenvalue weighted by Gasteiger charge is 2.32. The topological polar surface area (TPSA) is 47.3 Å².